The van der Waals surface area contributed by atoms with E-state index in [1.165, 1.54) is 25.0 Å². The molecule has 2 aliphatic rings. The lowest BCUT2D eigenvalue weighted by Gasteiger charge is -2.29. The molecule has 0 spiro atoms. The lowest BCUT2D eigenvalue weighted by atomic mass is 10.1. The fraction of sp³-hybridized carbons (Fsp3) is 0.611. The van der Waals surface area contributed by atoms with Gasteiger partial charge in [0.2, 0.25) is 0 Å². The predicted octanol–water partition coefficient (Wildman–Crippen LogP) is 3.16. The summed E-state index contributed by atoms with van der Waals surface area (Å²) in [6.45, 7) is 6.10. The third-order valence-corrected chi connectivity index (χ3v) is 5.02. The fourth-order valence-corrected chi connectivity index (χ4v) is 3.66. The quantitative estimate of drug-likeness (QED) is 0.925. The second kappa shape index (κ2) is 7.30. The third kappa shape index (κ3) is 4.02. The molecule has 2 aliphatic heterocycles. The molecule has 2 atom stereocenters. The third-order valence-electron chi connectivity index (χ3n) is 5.02. The van der Waals surface area contributed by atoms with Crippen LogP contribution in [0.5, 0.6) is 0 Å². The van der Waals surface area contributed by atoms with E-state index in [9.17, 15) is 9.18 Å². The Morgan fingerprint density at radius 2 is 1.91 bits per heavy atom. The van der Waals surface area contributed by atoms with Crippen molar-refractivity contribution >= 4 is 6.03 Å². The smallest absolute Gasteiger partial charge is 0.318 e. The molecule has 2 heterocycles. The summed E-state index contributed by atoms with van der Waals surface area (Å²) >= 11 is 0. The van der Waals surface area contributed by atoms with E-state index in [4.69, 9.17) is 0 Å². The van der Waals surface area contributed by atoms with Gasteiger partial charge in [0, 0.05) is 19.1 Å². The van der Waals surface area contributed by atoms with Gasteiger partial charge in [0.1, 0.15) is 5.82 Å². The van der Waals surface area contributed by atoms with Crippen LogP contribution in [0.3, 0.4) is 0 Å². The van der Waals surface area contributed by atoms with E-state index in [0.29, 0.717) is 6.04 Å². The van der Waals surface area contributed by atoms with Gasteiger partial charge >= 0.3 is 6.03 Å². The highest BCUT2D eigenvalue weighted by Gasteiger charge is 2.31. The molecule has 2 amide bonds. The van der Waals surface area contributed by atoms with Crippen molar-refractivity contribution in [3.8, 4) is 0 Å². The molecule has 5 heteroatoms. The average Bonchev–Trinajstić information content (AvgIpc) is 3.20. The molecule has 1 N–H and O–H groups in total. The monoisotopic (exact) mass is 319 g/mol. The Kier molecular flexibility index (Phi) is 5.16. The van der Waals surface area contributed by atoms with Crippen LogP contribution in [0.15, 0.2) is 24.3 Å². The van der Waals surface area contributed by atoms with Crippen LogP contribution in [0.1, 0.15) is 44.2 Å². The first-order chi connectivity index (χ1) is 11.1. The molecule has 1 aromatic carbocycles. The van der Waals surface area contributed by atoms with Gasteiger partial charge in [-0.15, -0.1) is 0 Å². The van der Waals surface area contributed by atoms with Gasteiger partial charge in [0.25, 0.3) is 0 Å². The lowest BCUT2D eigenvalue weighted by molar-refractivity contribution is 0.172. The molecule has 23 heavy (non-hydrogen) atoms. The molecule has 126 valence electrons. The number of benzene rings is 1. The number of urea groups is 1. The highest BCUT2D eigenvalue weighted by molar-refractivity contribution is 5.75. The zero-order valence-corrected chi connectivity index (χ0v) is 13.8. The van der Waals surface area contributed by atoms with Crippen molar-refractivity contribution < 1.29 is 9.18 Å². The summed E-state index contributed by atoms with van der Waals surface area (Å²) in [5.41, 5.74) is 0.926. The molecule has 0 aliphatic carbocycles. The van der Waals surface area contributed by atoms with Crippen LogP contribution in [0.25, 0.3) is 0 Å². The Labute approximate surface area is 137 Å². The van der Waals surface area contributed by atoms with E-state index in [-0.39, 0.29) is 17.9 Å². The maximum atomic E-state index is 13.0. The summed E-state index contributed by atoms with van der Waals surface area (Å²) in [5, 5.41) is 3.06. The van der Waals surface area contributed by atoms with Gasteiger partial charge in [-0.05, 0) is 63.4 Å². The summed E-state index contributed by atoms with van der Waals surface area (Å²) in [4.78, 5) is 17.1. The molecule has 0 saturated carbocycles. The van der Waals surface area contributed by atoms with Gasteiger partial charge < -0.3 is 15.1 Å². The molecule has 0 aromatic heterocycles. The number of nitrogens with one attached hydrogen (secondary N) is 1. The summed E-state index contributed by atoms with van der Waals surface area (Å²) < 4.78 is 13.0. The lowest BCUT2D eigenvalue weighted by Crippen LogP contribution is -2.47. The number of carbonyl (C=O) groups excluding carboxylic acids is 1. The van der Waals surface area contributed by atoms with E-state index in [1.807, 2.05) is 11.8 Å². The molecular weight excluding hydrogens is 293 g/mol. The molecule has 2 saturated heterocycles. The number of carbonyl (C=O) groups is 1. The van der Waals surface area contributed by atoms with Crippen molar-refractivity contribution in [1.29, 1.82) is 0 Å². The minimum absolute atomic E-state index is 0.00326. The maximum absolute atomic E-state index is 13.0. The first-order valence-electron chi connectivity index (χ1n) is 8.68. The molecule has 1 aromatic rings. The summed E-state index contributed by atoms with van der Waals surface area (Å²) in [6, 6.07) is 6.54. The Hall–Kier alpha value is -1.62. The normalized spacial score (nSPS) is 23.2. The van der Waals surface area contributed by atoms with E-state index < -0.39 is 0 Å². The Bertz CT molecular complexity index is 528. The number of rotatable bonds is 4. The van der Waals surface area contributed by atoms with Gasteiger partial charge in [-0.1, -0.05) is 12.1 Å². The largest absolute Gasteiger partial charge is 0.331 e. The maximum Gasteiger partial charge on any atom is 0.318 e. The van der Waals surface area contributed by atoms with Crippen LogP contribution in [0.4, 0.5) is 9.18 Å². The number of hydrogen-bond acceptors (Lipinski definition) is 2. The molecule has 0 radical (unpaired) electrons. The molecule has 0 bridgehead atoms. The van der Waals surface area contributed by atoms with Crippen molar-refractivity contribution in [2.24, 2.45) is 0 Å². The SMILES string of the molecule is CC(NC(=O)N1CCCC1CN1CCCC1)c1ccc(F)cc1. The number of likely N-dealkylation sites (tertiary alicyclic amines) is 2. The van der Waals surface area contributed by atoms with E-state index in [0.717, 1.165) is 44.6 Å². The minimum atomic E-state index is -0.252. The summed E-state index contributed by atoms with van der Waals surface area (Å²) in [6.07, 6.45) is 4.73. The van der Waals surface area contributed by atoms with Crippen LogP contribution in [0, 0.1) is 5.82 Å². The van der Waals surface area contributed by atoms with Crippen LogP contribution < -0.4 is 5.32 Å². The Balaban J connectivity index is 1.56. The van der Waals surface area contributed by atoms with Gasteiger partial charge in [-0.25, -0.2) is 9.18 Å². The highest BCUT2D eigenvalue weighted by Crippen LogP contribution is 2.21. The number of halogens is 1. The Morgan fingerprint density at radius 1 is 1.22 bits per heavy atom. The molecule has 3 rings (SSSR count). The van der Waals surface area contributed by atoms with Crippen molar-refractivity contribution in [2.45, 2.75) is 44.7 Å². The van der Waals surface area contributed by atoms with Gasteiger partial charge in [-0.3, -0.25) is 0 Å². The zero-order valence-electron chi connectivity index (χ0n) is 13.8. The van der Waals surface area contributed by atoms with Gasteiger partial charge in [-0.2, -0.15) is 0 Å². The molecular formula is C18H26FN3O. The standard InChI is InChI=1S/C18H26FN3O/c1-14(15-6-8-16(19)9-7-15)20-18(23)22-12-4-5-17(22)13-21-10-2-3-11-21/h6-9,14,17H,2-5,10-13H2,1H3,(H,20,23). The predicted molar refractivity (Wildman–Crippen MR) is 88.7 cm³/mol. The van der Waals surface area contributed by atoms with Crippen LogP contribution in [-0.2, 0) is 0 Å². The van der Waals surface area contributed by atoms with Crippen LogP contribution in [-0.4, -0.2) is 48.1 Å². The number of nitrogens with zero attached hydrogens (tertiary/aromatic N) is 2. The van der Waals surface area contributed by atoms with Crippen LogP contribution in [0.2, 0.25) is 0 Å². The summed E-state index contributed by atoms with van der Waals surface area (Å²) in [7, 11) is 0. The average molecular weight is 319 g/mol. The van der Waals surface area contributed by atoms with Crippen LogP contribution >= 0.6 is 0 Å². The van der Waals surface area contributed by atoms with Crippen molar-refractivity contribution in [2.75, 3.05) is 26.2 Å². The zero-order chi connectivity index (χ0) is 16.2. The highest BCUT2D eigenvalue weighted by atomic mass is 19.1. The van der Waals surface area contributed by atoms with E-state index in [2.05, 4.69) is 10.2 Å². The topological polar surface area (TPSA) is 35.6 Å². The summed E-state index contributed by atoms with van der Waals surface area (Å²) in [5.74, 6) is -0.252. The molecule has 2 unspecified atom stereocenters. The first-order valence-corrected chi connectivity index (χ1v) is 8.68. The van der Waals surface area contributed by atoms with E-state index in [1.54, 1.807) is 12.1 Å². The number of amides is 2. The second-order valence-electron chi connectivity index (χ2n) is 6.72. The first kappa shape index (κ1) is 16.2. The van der Waals surface area contributed by atoms with E-state index >= 15 is 0 Å². The van der Waals surface area contributed by atoms with Crippen molar-refractivity contribution in [3.63, 3.8) is 0 Å². The Morgan fingerprint density at radius 3 is 2.61 bits per heavy atom. The van der Waals surface area contributed by atoms with Crippen molar-refractivity contribution in [3.05, 3.63) is 35.6 Å². The van der Waals surface area contributed by atoms with Gasteiger partial charge in [0.05, 0.1) is 6.04 Å². The van der Waals surface area contributed by atoms with Gasteiger partial charge in [0.15, 0.2) is 0 Å². The molecule has 2 fully saturated rings. The molecule has 4 nitrogen and oxygen atoms in total. The fourth-order valence-electron chi connectivity index (χ4n) is 3.66. The second-order valence-corrected chi connectivity index (χ2v) is 6.72. The number of hydrogen-bond donors (Lipinski definition) is 1. The van der Waals surface area contributed by atoms with Crippen molar-refractivity contribution in [1.82, 2.24) is 15.1 Å². The minimum Gasteiger partial charge on any atom is -0.331 e.